The predicted octanol–water partition coefficient (Wildman–Crippen LogP) is 4.79. The third kappa shape index (κ3) is 3.43. The normalized spacial score (nSPS) is 12.7. The molecule has 0 spiro atoms. The smallest absolute Gasteiger partial charge is 0.169 e. The average Bonchev–Trinajstić information content (AvgIpc) is 2.77. The monoisotopic (exact) mass is 375 g/mol. The van der Waals surface area contributed by atoms with E-state index in [2.05, 4.69) is 37.2 Å². The third-order valence-corrected chi connectivity index (χ3v) is 3.55. The molecule has 1 heterocycles. The van der Waals surface area contributed by atoms with Gasteiger partial charge in [-0.2, -0.15) is 0 Å². The molecule has 18 heavy (non-hydrogen) atoms. The van der Waals surface area contributed by atoms with Crippen LogP contribution in [0.4, 0.5) is 4.39 Å². The van der Waals surface area contributed by atoms with E-state index >= 15 is 0 Å². The molecule has 0 amide bonds. The summed E-state index contributed by atoms with van der Waals surface area (Å²) in [4.78, 5) is 0. The van der Waals surface area contributed by atoms with E-state index in [1.54, 1.807) is 12.1 Å². The molecule has 1 aromatic carbocycles. The lowest BCUT2D eigenvalue weighted by Crippen LogP contribution is -2.18. The summed E-state index contributed by atoms with van der Waals surface area (Å²) < 4.78 is 20.5. The standard InChI is InChI=1S/C13H12Br2FNO/c1-8(12-4-5-13(15)18-12)17-7-9-6-10(14)2-3-11(9)16/h2-6,8,17H,7H2,1H3. The summed E-state index contributed by atoms with van der Waals surface area (Å²) in [5.74, 6) is 0.607. The van der Waals surface area contributed by atoms with Crippen LogP contribution in [0.5, 0.6) is 0 Å². The van der Waals surface area contributed by atoms with Crippen molar-refractivity contribution in [2.75, 3.05) is 0 Å². The highest BCUT2D eigenvalue weighted by molar-refractivity contribution is 9.10. The molecule has 1 aromatic heterocycles. The first-order chi connectivity index (χ1) is 8.56. The molecule has 1 N–H and O–H groups in total. The number of benzene rings is 1. The van der Waals surface area contributed by atoms with Crippen molar-refractivity contribution >= 4 is 31.9 Å². The molecule has 0 aliphatic heterocycles. The molecule has 0 fully saturated rings. The van der Waals surface area contributed by atoms with Crippen LogP contribution in [0.3, 0.4) is 0 Å². The summed E-state index contributed by atoms with van der Waals surface area (Å²) in [6.07, 6.45) is 0. The molecule has 0 bridgehead atoms. The van der Waals surface area contributed by atoms with Crippen molar-refractivity contribution in [3.63, 3.8) is 0 Å². The van der Waals surface area contributed by atoms with Crippen molar-refractivity contribution in [2.24, 2.45) is 0 Å². The van der Waals surface area contributed by atoms with Crippen molar-refractivity contribution in [3.05, 3.63) is 56.6 Å². The summed E-state index contributed by atoms with van der Waals surface area (Å²) in [5, 5.41) is 3.22. The van der Waals surface area contributed by atoms with Gasteiger partial charge < -0.3 is 9.73 Å². The summed E-state index contributed by atoms with van der Waals surface area (Å²) in [6, 6.07) is 8.66. The van der Waals surface area contributed by atoms with Crippen LogP contribution in [-0.4, -0.2) is 0 Å². The van der Waals surface area contributed by atoms with E-state index in [0.717, 1.165) is 10.2 Å². The van der Waals surface area contributed by atoms with Crippen molar-refractivity contribution in [3.8, 4) is 0 Å². The van der Waals surface area contributed by atoms with E-state index < -0.39 is 0 Å². The molecule has 2 aromatic rings. The number of nitrogens with one attached hydrogen (secondary N) is 1. The predicted molar refractivity (Wildman–Crippen MR) is 75.8 cm³/mol. The van der Waals surface area contributed by atoms with E-state index in [1.165, 1.54) is 6.07 Å². The summed E-state index contributed by atoms with van der Waals surface area (Å²) in [5.41, 5.74) is 0.627. The van der Waals surface area contributed by atoms with E-state index in [9.17, 15) is 4.39 Å². The average molecular weight is 377 g/mol. The van der Waals surface area contributed by atoms with Gasteiger partial charge in [0, 0.05) is 16.6 Å². The highest BCUT2D eigenvalue weighted by Crippen LogP contribution is 2.21. The third-order valence-electron chi connectivity index (χ3n) is 2.63. The minimum absolute atomic E-state index is 0.0229. The molecule has 0 aliphatic carbocycles. The van der Waals surface area contributed by atoms with Crippen LogP contribution in [-0.2, 0) is 6.54 Å². The second-order valence-corrected chi connectivity index (χ2v) is 5.68. The molecular formula is C13H12Br2FNO. The Labute approximate surface area is 122 Å². The molecule has 1 atom stereocenters. The van der Waals surface area contributed by atoms with Crippen LogP contribution < -0.4 is 5.32 Å². The fourth-order valence-corrected chi connectivity index (χ4v) is 2.33. The van der Waals surface area contributed by atoms with Gasteiger partial charge in [-0.15, -0.1) is 0 Å². The Hall–Kier alpha value is -0.650. The van der Waals surface area contributed by atoms with Gasteiger partial charge in [-0.25, -0.2) is 4.39 Å². The van der Waals surface area contributed by atoms with Crippen LogP contribution in [0.15, 0.2) is 43.9 Å². The lowest BCUT2D eigenvalue weighted by atomic mass is 10.2. The van der Waals surface area contributed by atoms with Gasteiger partial charge in [0.15, 0.2) is 4.67 Å². The Morgan fingerprint density at radius 2 is 2.06 bits per heavy atom. The van der Waals surface area contributed by atoms with Crippen molar-refractivity contribution in [2.45, 2.75) is 19.5 Å². The second-order valence-electron chi connectivity index (χ2n) is 3.98. The van der Waals surface area contributed by atoms with Gasteiger partial charge in [-0.3, -0.25) is 0 Å². The topological polar surface area (TPSA) is 25.2 Å². The largest absolute Gasteiger partial charge is 0.453 e. The van der Waals surface area contributed by atoms with Gasteiger partial charge in [-0.1, -0.05) is 15.9 Å². The van der Waals surface area contributed by atoms with Gasteiger partial charge in [-0.05, 0) is 53.2 Å². The fourth-order valence-electron chi connectivity index (χ4n) is 1.60. The van der Waals surface area contributed by atoms with Gasteiger partial charge >= 0.3 is 0 Å². The van der Waals surface area contributed by atoms with Crippen LogP contribution >= 0.6 is 31.9 Å². The molecule has 0 aliphatic rings. The number of hydrogen-bond donors (Lipinski definition) is 1. The minimum atomic E-state index is -0.210. The van der Waals surface area contributed by atoms with Crippen molar-refractivity contribution in [1.29, 1.82) is 0 Å². The van der Waals surface area contributed by atoms with Crippen LogP contribution in [0.25, 0.3) is 0 Å². The zero-order chi connectivity index (χ0) is 13.1. The molecule has 96 valence electrons. The maximum atomic E-state index is 13.5. The number of rotatable bonds is 4. The van der Waals surface area contributed by atoms with Crippen molar-refractivity contribution in [1.82, 2.24) is 5.32 Å². The number of halogens is 3. The van der Waals surface area contributed by atoms with E-state index in [0.29, 0.717) is 16.8 Å². The molecule has 0 radical (unpaired) electrons. The van der Waals surface area contributed by atoms with Gasteiger partial charge in [0.25, 0.3) is 0 Å². The van der Waals surface area contributed by atoms with E-state index in [4.69, 9.17) is 4.42 Å². The number of hydrogen-bond acceptors (Lipinski definition) is 2. The maximum absolute atomic E-state index is 13.5. The second kappa shape index (κ2) is 5.99. The first-order valence-electron chi connectivity index (χ1n) is 5.49. The SMILES string of the molecule is CC(NCc1cc(Br)ccc1F)c1ccc(Br)o1. The van der Waals surface area contributed by atoms with Crippen LogP contribution in [0.1, 0.15) is 24.3 Å². The molecule has 2 nitrogen and oxygen atoms in total. The molecular weight excluding hydrogens is 365 g/mol. The Morgan fingerprint density at radius 1 is 1.28 bits per heavy atom. The molecule has 1 unspecified atom stereocenters. The molecule has 0 saturated carbocycles. The summed E-state index contributed by atoms with van der Waals surface area (Å²) >= 11 is 6.59. The highest BCUT2D eigenvalue weighted by Gasteiger charge is 2.10. The van der Waals surface area contributed by atoms with Crippen LogP contribution in [0.2, 0.25) is 0 Å². The van der Waals surface area contributed by atoms with Gasteiger partial charge in [0.1, 0.15) is 11.6 Å². The molecule has 2 rings (SSSR count). The number of furan rings is 1. The minimum Gasteiger partial charge on any atom is -0.453 e. The lowest BCUT2D eigenvalue weighted by molar-refractivity contribution is 0.415. The van der Waals surface area contributed by atoms with Gasteiger partial charge in [0.2, 0.25) is 0 Å². The first-order valence-corrected chi connectivity index (χ1v) is 7.07. The lowest BCUT2D eigenvalue weighted by Gasteiger charge is -2.12. The van der Waals surface area contributed by atoms with Crippen molar-refractivity contribution < 1.29 is 8.81 Å². The quantitative estimate of drug-likeness (QED) is 0.829. The maximum Gasteiger partial charge on any atom is 0.169 e. The zero-order valence-corrected chi connectivity index (χ0v) is 12.9. The van der Waals surface area contributed by atoms with Crippen LogP contribution in [0, 0.1) is 5.82 Å². The Bertz CT molecular complexity index is 542. The Morgan fingerprint density at radius 3 is 2.72 bits per heavy atom. The van der Waals surface area contributed by atoms with E-state index in [-0.39, 0.29) is 11.9 Å². The zero-order valence-electron chi connectivity index (χ0n) is 9.71. The first kappa shape index (κ1) is 13.8. The molecule has 0 saturated heterocycles. The van der Waals surface area contributed by atoms with Gasteiger partial charge in [0.05, 0.1) is 6.04 Å². The Balaban J connectivity index is 2.01. The van der Waals surface area contributed by atoms with E-state index in [1.807, 2.05) is 19.1 Å². The summed E-state index contributed by atoms with van der Waals surface area (Å²) in [7, 11) is 0. The highest BCUT2D eigenvalue weighted by atomic mass is 79.9. The fraction of sp³-hybridized carbons (Fsp3) is 0.231. The Kier molecular flexibility index (Phi) is 4.59. The summed E-state index contributed by atoms with van der Waals surface area (Å²) in [6.45, 7) is 2.42. The molecule has 5 heteroatoms.